The molecule has 0 aromatic carbocycles. The Bertz CT molecular complexity index is 277. The largest absolute Gasteiger partial charge is 0.314 e. The molecule has 6 heteroatoms. The van der Waals surface area contributed by atoms with Crippen LogP contribution in [0.2, 0.25) is 0 Å². The molecule has 5 nitrogen and oxygen atoms in total. The van der Waals surface area contributed by atoms with E-state index in [1.54, 1.807) is 6.92 Å². The summed E-state index contributed by atoms with van der Waals surface area (Å²) in [6.07, 6.45) is 3.06. The zero-order valence-corrected chi connectivity index (χ0v) is 9.33. The van der Waals surface area contributed by atoms with Gasteiger partial charge in [0.25, 0.3) is 10.1 Å². The Balaban J connectivity index is 2.37. The first-order valence-corrected chi connectivity index (χ1v) is 6.54. The molecule has 1 aliphatic heterocycles. The molecular formula is C8H17NO4S. The summed E-state index contributed by atoms with van der Waals surface area (Å²) < 4.78 is 26.4. The second-order valence-corrected chi connectivity index (χ2v) is 5.41. The van der Waals surface area contributed by atoms with E-state index in [2.05, 4.69) is 0 Å². The predicted molar refractivity (Wildman–Crippen MR) is 51.5 cm³/mol. The van der Waals surface area contributed by atoms with Gasteiger partial charge in [0, 0.05) is 12.6 Å². The van der Waals surface area contributed by atoms with Gasteiger partial charge in [0.15, 0.2) is 0 Å². The summed E-state index contributed by atoms with van der Waals surface area (Å²) in [4.78, 5) is 0. The monoisotopic (exact) mass is 223 g/mol. The molecule has 0 saturated carbocycles. The smallest absolute Gasteiger partial charge is 0.264 e. The maximum absolute atomic E-state index is 10.8. The molecule has 0 aromatic rings. The van der Waals surface area contributed by atoms with Crippen LogP contribution in [-0.2, 0) is 14.3 Å². The quantitative estimate of drug-likeness (QED) is 0.707. The minimum absolute atomic E-state index is 0.0340. The summed E-state index contributed by atoms with van der Waals surface area (Å²) in [6, 6.07) is 0.0340. The zero-order chi connectivity index (χ0) is 10.8. The fourth-order valence-corrected chi connectivity index (χ4v) is 2.46. The number of hydroxylamine groups is 2. The summed E-state index contributed by atoms with van der Waals surface area (Å²) in [5.41, 5.74) is 0. The van der Waals surface area contributed by atoms with E-state index < -0.39 is 10.1 Å². The highest BCUT2D eigenvalue weighted by Crippen LogP contribution is 2.20. The number of hydrogen-bond acceptors (Lipinski definition) is 5. The third-order valence-electron chi connectivity index (χ3n) is 2.29. The summed E-state index contributed by atoms with van der Waals surface area (Å²) in [5.74, 6) is 0. The van der Waals surface area contributed by atoms with Crippen LogP contribution in [0, 0.1) is 0 Å². The van der Waals surface area contributed by atoms with Crippen LogP contribution in [-0.4, -0.2) is 43.6 Å². The molecule has 0 radical (unpaired) electrons. The van der Waals surface area contributed by atoms with Crippen molar-refractivity contribution in [2.75, 3.05) is 12.8 Å². The highest BCUT2D eigenvalue weighted by molar-refractivity contribution is 7.86. The van der Waals surface area contributed by atoms with Crippen LogP contribution in [0.15, 0.2) is 0 Å². The van der Waals surface area contributed by atoms with Gasteiger partial charge < -0.3 is 5.21 Å². The van der Waals surface area contributed by atoms with Crippen LogP contribution in [0.3, 0.4) is 0 Å². The van der Waals surface area contributed by atoms with E-state index in [1.807, 2.05) is 0 Å². The van der Waals surface area contributed by atoms with Gasteiger partial charge in [-0.25, -0.2) is 0 Å². The van der Waals surface area contributed by atoms with Gasteiger partial charge in [-0.3, -0.25) is 4.18 Å². The molecular weight excluding hydrogens is 206 g/mol. The van der Waals surface area contributed by atoms with E-state index in [4.69, 9.17) is 4.18 Å². The molecule has 1 fully saturated rings. The SMILES string of the molecule is C[C@H](CC1CCCN1O)OS(C)(=O)=O. The van der Waals surface area contributed by atoms with Gasteiger partial charge in [-0.2, -0.15) is 13.5 Å². The predicted octanol–water partition coefficient (Wildman–Crippen LogP) is 0.595. The van der Waals surface area contributed by atoms with Gasteiger partial charge in [0.1, 0.15) is 0 Å². The number of hydrogen-bond donors (Lipinski definition) is 1. The Hall–Kier alpha value is -0.170. The van der Waals surface area contributed by atoms with Crippen LogP contribution in [0.1, 0.15) is 26.2 Å². The first-order chi connectivity index (χ1) is 6.38. The molecule has 1 saturated heterocycles. The maximum Gasteiger partial charge on any atom is 0.264 e. The number of nitrogens with zero attached hydrogens (tertiary/aromatic N) is 1. The van der Waals surface area contributed by atoms with Gasteiger partial charge in [0.2, 0.25) is 0 Å². The van der Waals surface area contributed by atoms with Crippen molar-refractivity contribution in [3.8, 4) is 0 Å². The standard InChI is InChI=1S/C8H17NO4S/c1-7(13-14(2,11)12)6-8-4-3-5-9(8)10/h7-8,10H,3-6H2,1-2H3/t7-,8?/m1/s1. The normalized spacial score (nSPS) is 26.6. The van der Waals surface area contributed by atoms with Crippen molar-refractivity contribution < 1.29 is 17.8 Å². The first kappa shape index (κ1) is 11.9. The lowest BCUT2D eigenvalue weighted by atomic mass is 10.1. The van der Waals surface area contributed by atoms with Gasteiger partial charge in [-0.05, 0) is 26.2 Å². The van der Waals surface area contributed by atoms with E-state index in [0.717, 1.165) is 19.1 Å². The van der Waals surface area contributed by atoms with Crippen molar-refractivity contribution in [3.63, 3.8) is 0 Å². The highest BCUT2D eigenvalue weighted by Gasteiger charge is 2.25. The minimum atomic E-state index is -3.38. The van der Waals surface area contributed by atoms with Crippen molar-refractivity contribution >= 4 is 10.1 Å². The van der Waals surface area contributed by atoms with E-state index >= 15 is 0 Å². The molecule has 0 amide bonds. The molecule has 84 valence electrons. The Morgan fingerprint density at radius 2 is 2.29 bits per heavy atom. The molecule has 1 aliphatic rings. The van der Waals surface area contributed by atoms with Crippen LogP contribution in [0.5, 0.6) is 0 Å². The van der Waals surface area contributed by atoms with Crippen molar-refractivity contribution in [2.45, 2.75) is 38.3 Å². The lowest BCUT2D eigenvalue weighted by Gasteiger charge is -2.20. The van der Waals surface area contributed by atoms with Gasteiger partial charge in [-0.15, -0.1) is 0 Å². The van der Waals surface area contributed by atoms with Crippen molar-refractivity contribution in [2.24, 2.45) is 0 Å². The Labute approximate surface area is 84.7 Å². The fourth-order valence-electron chi connectivity index (χ4n) is 1.78. The summed E-state index contributed by atoms with van der Waals surface area (Å²) in [5, 5.41) is 10.6. The highest BCUT2D eigenvalue weighted by atomic mass is 32.2. The zero-order valence-electron chi connectivity index (χ0n) is 8.51. The molecule has 0 bridgehead atoms. The van der Waals surface area contributed by atoms with Crippen LogP contribution >= 0.6 is 0 Å². The fraction of sp³-hybridized carbons (Fsp3) is 1.00. The van der Waals surface area contributed by atoms with Crippen LogP contribution in [0.25, 0.3) is 0 Å². The first-order valence-electron chi connectivity index (χ1n) is 4.72. The average molecular weight is 223 g/mol. The third-order valence-corrected chi connectivity index (χ3v) is 2.97. The molecule has 0 aromatic heterocycles. The van der Waals surface area contributed by atoms with Crippen molar-refractivity contribution in [1.29, 1.82) is 0 Å². The third kappa shape index (κ3) is 3.91. The minimum Gasteiger partial charge on any atom is -0.314 e. The molecule has 1 rings (SSSR count). The van der Waals surface area contributed by atoms with E-state index in [9.17, 15) is 13.6 Å². The molecule has 14 heavy (non-hydrogen) atoms. The molecule has 1 N–H and O–H groups in total. The molecule has 0 spiro atoms. The summed E-state index contributed by atoms with van der Waals surface area (Å²) in [7, 11) is -3.38. The van der Waals surface area contributed by atoms with Crippen molar-refractivity contribution in [3.05, 3.63) is 0 Å². The second-order valence-electron chi connectivity index (χ2n) is 3.81. The topological polar surface area (TPSA) is 66.8 Å². The van der Waals surface area contributed by atoms with E-state index in [-0.39, 0.29) is 12.1 Å². The van der Waals surface area contributed by atoms with Crippen LogP contribution in [0.4, 0.5) is 0 Å². The lowest BCUT2D eigenvalue weighted by Crippen LogP contribution is -2.30. The molecule has 1 unspecified atom stereocenters. The van der Waals surface area contributed by atoms with Gasteiger partial charge in [0.05, 0.1) is 12.4 Å². The lowest BCUT2D eigenvalue weighted by molar-refractivity contribution is -0.109. The number of rotatable bonds is 4. The molecule has 2 atom stereocenters. The Morgan fingerprint density at radius 1 is 1.64 bits per heavy atom. The summed E-state index contributed by atoms with van der Waals surface area (Å²) in [6.45, 7) is 2.36. The second kappa shape index (κ2) is 4.57. The van der Waals surface area contributed by atoms with E-state index in [1.165, 1.54) is 5.06 Å². The van der Waals surface area contributed by atoms with E-state index in [0.29, 0.717) is 13.0 Å². The molecule has 0 aliphatic carbocycles. The van der Waals surface area contributed by atoms with Gasteiger partial charge in [-0.1, -0.05) is 0 Å². The van der Waals surface area contributed by atoms with Crippen LogP contribution < -0.4 is 0 Å². The Kier molecular flexibility index (Phi) is 3.88. The maximum atomic E-state index is 10.8. The molecule has 1 heterocycles. The Morgan fingerprint density at radius 3 is 2.71 bits per heavy atom. The average Bonchev–Trinajstić information content (AvgIpc) is 2.32. The van der Waals surface area contributed by atoms with Gasteiger partial charge >= 0.3 is 0 Å². The summed E-state index contributed by atoms with van der Waals surface area (Å²) >= 11 is 0. The van der Waals surface area contributed by atoms with Crippen molar-refractivity contribution in [1.82, 2.24) is 5.06 Å².